The topological polar surface area (TPSA) is 152 Å². The van der Waals surface area contributed by atoms with Crippen molar-refractivity contribution in [3.05, 3.63) is 216 Å². The van der Waals surface area contributed by atoms with E-state index in [9.17, 15) is 21.0 Å². The zero-order valence-corrected chi connectivity index (χ0v) is 37.0. The Hall–Kier alpha value is -10.5. The second kappa shape index (κ2) is 16.8. The van der Waals surface area contributed by atoms with Crippen molar-refractivity contribution in [1.82, 2.24) is 19.5 Å². The number of para-hydroxylation sites is 1. The molecule has 9 nitrogen and oxygen atoms in total. The average molecular weight is 893 g/mol. The van der Waals surface area contributed by atoms with Crippen LogP contribution < -0.4 is 0 Å². The Balaban J connectivity index is 1.14. The molecule has 322 valence electrons. The Labute approximate surface area is 400 Å². The number of nitrogens with zero attached hydrogens (tertiary/aromatic N) is 8. The molecule has 0 unspecified atom stereocenters. The maximum atomic E-state index is 9.91. The largest absolute Gasteiger partial charge is 0.456 e. The van der Waals surface area contributed by atoms with Crippen molar-refractivity contribution >= 4 is 43.7 Å². The van der Waals surface area contributed by atoms with Gasteiger partial charge in [0.25, 0.3) is 0 Å². The summed E-state index contributed by atoms with van der Waals surface area (Å²) >= 11 is 0. The summed E-state index contributed by atoms with van der Waals surface area (Å²) in [5, 5.41) is 43.4. The predicted molar refractivity (Wildman–Crippen MR) is 273 cm³/mol. The molecule has 9 aromatic carbocycles. The lowest BCUT2D eigenvalue weighted by Crippen LogP contribution is -2.02. The molecule has 0 radical (unpaired) electrons. The SMILES string of the molecule is N#Cc1cc(C#N)cc(-c2ccc3c(c2)c2cc(-c4cc(C#N)cc(C#N)c4)ccc2n3-c2ccc(-c3nc(-c4ccccc4)nc(-c4ccccc4)n3)cc2-c2ccc3oc4ccccc4c3c2)c1. The first-order chi connectivity index (χ1) is 34.4. The molecule has 0 atom stereocenters. The lowest BCUT2D eigenvalue weighted by Gasteiger charge is -2.17. The van der Waals surface area contributed by atoms with Crippen molar-refractivity contribution in [1.29, 1.82) is 21.0 Å². The van der Waals surface area contributed by atoms with Gasteiger partial charge in [0.1, 0.15) is 11.2 Å². The highest BCUT2D eigenvalue weighted by Crippen LogP contribution is 2.42. The van der Waals surface area contributed by atoms with Crippen molar-refractivity contribution in [2.75, 3.05) is 0 Å². The summed E-state index contributed by atoms with van der Waals surface area (Å²) in [4.78, 5) is 15.2. The van der Waals surface area contributed by atoms with Gasteiger partial charge in [-0.3, -0.25) is 0 Å². The van der Waals surface area contributed by atoms with Crippen LogP contribution >= 0.6 is 0 Å². The Morgan fingerprint density at radius 2 is 0.771 bits per heavy atom. The summed E-state index contributed by atoms with van der Waals surface area (Å²) in [6, 6.07) is 72.0. The summed E-state index contributed by atoms with van der Waals surface area (Å²) < 4.78 is 8.57. The number of hydrogen-bond donors (Lipinski definition) is 0. The first kappa shape index (κ1) is 41.0. The minimum absolute atomic E-state index is 0.390. The van der Waals surface area contributed by atoms with E-state index in [1.807, 2.05) is 97.1 Å². The molecule has 70 heavy (non-hydrogen) atoms. The molecule has 0 saturated carbocycles. The molecule has 9 heteroatoms. The predicted octanol–water partition coefficient (Wildman–Crippen LogP) is 14.4. The zero-order chi connectivity index (χ0) is 47.3. The second-order valence-electron chi connectivity index (χ2n) is 16.9. The van der Waals surface area contributed by atoms with E-state index in [4.69, 9.17) is 19.4 Å². The molecule has 0 bridgehead atoms. The quantitative estimate of drug-likeness (QED) is 0.153. The van der Waals surface area contributed by atoms with E-state index >= 15 is 0 Å². The highest BCUT2D eigenvalue weighted by molar-refractivity contribution is 6.13. The third-order valence-corrected chi connectivity index (χ3v) is 12.7. The molecule has 0 aliphatic carbocycles. The number of furan rings is 1. The van der Waals surface area contributed by atoms with E-state index in [1.54, 1.807) is 36.4 Å². The molecule has 0 N–H and O–H groups in total. The summed E-state index contributed by atoms with van der Waals surface area (Å²) in [5.74, 6) is 1.62. The fourth-order valence-electron chi connectivity index (χ4n) is 9.42. The highest BCUT2D eigenvalue weighted by atomic mass is 16.3. The van der Waals surface area contributed by atoms with Crippen LogP contribution in [0.5, 0.6) is 0 Å². The Morgan fingerprint density at radius 3 is 1.30 bits per heavy atom. The molecule has 0 saturated heterocycles. The molecular formula is C61H32N8O. The van der Waals surface area contributed by atoms with Crippen molar-refractivity contribution in [3.8, 4) is 97.5 Å². The van der Waals surface area contributed by atoms with Gasteiger partial charge in [-0.1, -0.05) is 97.1 Å². The average Bonchev–Trinajstić information content (AvgIpc) is 3.97. The van der Waals surface area contributed by atoms with Crippen LogP contribution in [0.1, 0.15) is 22.3 Å². The molecule has 12 rings (SSSR count). The van der Waals surface area contributed by atoms with Gasteiger partial charge in [0.2, 0.25) is 0 Å². The summed E-state index contributed by atoms with van der Waals surface area (Å²) in [6.45, 7) is 0. The van der Waals surface area contributed by atoms with Gasteiger partial charge in [-0.05, 0) is 125 Å². The number of benzene rings is 9. The van der Waals surface area contributed by atoms with Gasteiger partial charge in [-0.25, -0.2) is 15.0 Å². The molecular weight excluding hydrogens is 861 g/mol. The highest BCUT2D eigenvalue weighted by Gasteiger charge is 2.21. The van der Waals surface area contributed by atoms with Crippen LogP contribution in [0.3, 0.4) is 0 Å². The van der Waals surface area contributed by atoms with E-state index < -0.39 is 0 Å². The van der Waals surface area contributed by atoms with Crippen molar-refractivity contribution in [2.24, 2.45) is 0 Å². The standard InChI is InChI=1S/C61H32N8O/c62-33-37-23-38(34-63)26-47(25-37)43-15-19-55-51(29-43)52-30-44(48-27-39(35-64)24-40(28-48)36-65)16-20-56(52)69(55)54-21-17-46(32-50(54)45-18-22-58-53(31-45)49-13-7-8-14-57(49)70-58)61-67-59(41-9-3-1-4-10-41)66-60(68-61)42-11-5-2-6-12-42/h1-32H. The van der Waals surface area contributed by atoms with Crippen LogP contribution in [0.4, 0.5) is 0 Å². The van der Waals surface area contributed by atoms with Gasteiger partial charge in [0.15, 0.2) is 17.5 Å². The van der Waals surface area contributed by atoms with E-state index in [0.717, 1.165) is 99.5 Å². The van der Waals surface area contributed by atoms with E-state index in [0.29, 0.717) is 39.7 Å². The van der Waals surface area contributed by atoms with Crippen molar-refractivity contribution < 1.29 is 4.42 Å². The number of rotatable bonds is 7. The Morgan fingerprint density at radius 1 is 0.329 bits per heavy atom. The van der Waals surface area contributed by atoms with Crippen molar-refractivity contribution in [2.45, 2.75) is 0 Å². The van der Waals surface area contributed by atoms with Crippen LogP contribution in [-0.4, -0.2) is 19.5 Å². The van der Waals surface area contributed by atoms with E-state index in [-0.39, 0.29) is 0 Å². The molecule has 0 spiro atoms. The van der Waals surface area contributed by atoms with Crippen LogP contribution in [0.15, 0.2) is 199 Å². The summed E-state index contributed by atoms with van der Waals surface area (Å²) in [6.07, 6.45) is 0. The number of aromatic nitrogens is 4. The molecule has 3 heterocycles. The van der Waals surface area contributed by atoms with E-state index in [1.165, 1.54) is 0 Å². The minimum Gasteiger partial charge on any atom is -0.456 e. The molecule has 0 amide bonds. The molecule has 0 aliphatic heterocycles. The van der Waals surface area contributed by atoms with E-state index in [2.05, 4.69) is 89.5 Å². The minimum atomic E-state index is 0.390. The maximum Gasteiger partial charge on any atom is 0.164 e. The van der Waals surface area contributed by atoms with Crippen LogP contribution in [0.2, 0.25) is 0 Å². The lowest BCUT2D eigenvalue weighted by atomic mass is 9.97. The third kappa shape index (κ3) is 7.14. The monoisotopic (exact) mass is 892 g/mol. The van der Waals surface area contributed by atoms with Crippen LogP contribution in [-0.2, 0) is 0 Å². The molecule has 0 fully saturated rings. The van der Waals surface area contributed by atoms with Gasteiger partial charge in [-0.15, -0.1) is 0 Å². The smallest absolute Gasteiger partial charge is 0.164 e. The lowest BCUT2D eigenvalue weighted by molar-refractivity contribution is 0.669. The number of hydrogen-bond acceptors (Lipinski definition) is 8. The Kier molecular flexibility index (Phi) is 9.82. The fraction of sp³-hybridized carbons (Fsp3) is 0. The number of fused-ring (bicyclic) bond motifs is 6. The van der Waals surface area contributed by atoms with Crippen molar-refractivity contribution in [3.63, 3.8) is 0 Å². The van der Waals surface area contributed by atoms with Gasteiger partial charge in [0, 0.05) is 43.8 Å². The third-order valence-electron chi connectivity index (χ3n) is 12.7. The summed E-state index contributed by atoms with van der Waals surface area (Å²) in [5.41, 5.74) is 13.3. The zero-order valence-electron chi connectivity index (χ0n) is 37.0. The summed E-state index contributed by atoms with van der Waals surface area (Å²) in [7, 11) is 0. The maximum absolute atomic E-state index is 9.91. The van der Waals surface area contributed by atoms with Gasteiger partial charge < -0.3 is 8.98 Å². The normalized spacial score (nSPS) is 11.1. The molecule has 12 aromatic rings. The molecule has 0 aliphatic rings. The van der Waals surface area contributed by atoms with Gasteiger partial charge in [0.05, 0.1) is 63.3 Å². The first-order valence-electron chi connectivity index (χ1n) is 22.4. The fourth-order valence-corrected chi connectivity index (χ4v) is 9.42. The van der Waals surface area contributed by atoms with Crippen LogP contribution in [0.25, 0.3) is 117 Å². The van der Waals surface area contributed by atoms with Gasteiger partial charge in [-0.2, -0.15) is 21.0 Å². The second-order valence-corrected chi connectivity index (χ2v) is 16.9. The Bertz CT molecular complexity index is 4040. The first-order valence-corrected chi connectivity index (χ1v) is 22.4. The molecule has 3 aromatic heterocycles. The van der Waals surface area contributed by atoms with Gasteiger partial charge >= 0.3 is 0 Å². The van der Waals surface area contributed by atoms with Crippen LogP contribution in [0, 0.1) is 45.3 Å². The number of nitriles is 4.